The van der Waals surface area contributed by atoms with Crippen LogP contribution in [0.25, 0.3) is 0 Å². The second kappa shape index (κ2) is 5.67. The zero-order valence-corrected chi connectivity index (χ0v) is 13.8. The summed E-state index contributed by atoms with van der Waals surface area (Å²) in [5.41, 5.74) is 6.24. The molecule has 4 rings (SSSR count). The van der Waals surface area contributed by atoms with Crippen LogP contribution in [-0.4, -0.2) is 16.7 Å². The van der Waals surface area contributed by atoms with Gasteiger partial charge in [0.15, 0.2) is 17.3 Å². The lowest BCUT2D eigenvalue weighted by Crippen LogP contribution is -2.51. The van der Waals surface area contributed by atoms with Crippen molar-refractivity contribution in [2.24, 2.45) is 17.1 Å². The van der Waals surface area contributed by atoms with E-state index in [4.69, 9.17) is 15.0 Å². The molecular formula is C19H18N2O4. The first-order chi connectivity index (χ1) is 12.0. The number of ketones is 2. The maximum Gasteiger partial charge on any atom is 0.265 e. The average molecular weight is 338 g/mol. The number of benzene rings is 1. The summed E-state index contributed by atoms with van der Waals surface area (Å²) in [6.45, 7) is 1.90. The van der Waals surface area contributed by atoms with Crippen molar-refractivity contribution in [3.8, 4) is 5.88 Å². The molecule has 6 heteroatoms. The second-order valence-electron chi connectivity index (χ2n) is 6.67. The highest BCUT2D eigenvalue weighted by molar-refractivity contribution is 6.20. The smallest absolute Gasteiger partial charge is 0.265 e. The van der Waals surface area contributed by atoms with Gasteiger partial charge in [0.05, 0.1) is 11.5 Å². The molecular weight excluding hydrogens is 320 g/mol. The summed E-state index contributed by atoms with van der Waals surface area (Å²) in [4.78, 5) is 25.6. The number of ether oxygens (including phenoxy) is 1. The van der Waals surface area contributed by atoms with Crippen LogP contribution in [0.5, 0.6) is 5.88 Å². The number of aromatic nitrogens is 1. The van der Waals surface area contributed by atoms with Crippen LogP contribution in [0.15, 0.2) is 47.0 Å². The van der Waals surface area contributed by atoms with E-state index in [-0.39, 0.29) is 35.5 Å². The predicted molar refractivity (Wildman–Crippen MR) is 88.9 cm³/mol. The van der Waals surface area contributed by atoms with E-state index in [1.165, 1.54) is 6.08 Å². The van der Waals surface area contributed by atoms with Gasteiger partial charge in [0, 0.05) is 5.92 Å². The highest BCUT2D eigenvalue weighted by Gasteiger charge is 2.57. The van der Waals surface area contributed by atoms with E-state index in [9.17, 15) is 9.59 Å². The summed E-state index contributed by atoms with van der Waals surface area (Å²) < 4.78 is 11.0. The molecule has 0 fully saturated rings. The Bertz CT molecular complexity index is 871. The number of fused-ring (bicyclic) bond motifs is 2. The van der Waals surface area contributed by atoms with Gasteiger partial charge >= 0.3 is 0 Å². The third-order valence-corrected chi connectivity index (χ3v) is 5.25. The van der Waals surface area contributed by atoms with Crippen molar-refractivity contribution in [2.45, 2.75) is 26.0 Å². The summed E-state index contributed by atoms with van der Waals surface area (Å²) >= 11 is 0. The van der Waals surface area contributed by atoms with E-state index in [1.54, 1.807) is 13.0 Å². The first-order valence-electron chi connectivity index (χ1n) is 8.21. The van der Waals surface area contributed by atoms with E-state index in [0.29, 0.717) is 12.2 Å². The Morgan fingerprint density at radius 2 is 2.08 bits per heavy atom. The molecule has 2 N–H and O–H groups in total. The lowest BCUT2D eigenvalue weighted by molar-refractivity contribution is -0.124. The molecule has 0 amide bonds. The molecule has 1 heterocycles. The lowest BCUT2D eigenvalue weighted by Gasteiger charge is -2.41. The Kier molecular flexibility index (Phi) is 3.58. The number of hydrogen-bond donors (Lipinski definition) is 1. The van der Waals surface area contributed by atoms with Crippen molar-refractivity contribution in [3.05, 3.63) is 59.4 Å². The molecule has 3 atom stereocenters. The van der Waals surface area contributed by atoms with Crippen molar-refractivity contribution in [1.29, 1.82) is 0 Å². The van der Waals surface area contributed by atoms with Crippen LogP contribution >= 0.6 is 0 Å². The van der Waals surface area contributed by atoms with Crippen molar-refractivity contribution in [3.63, 3.8) is 0 Å². The Morgan fingerprint density at radius 3 is 2.84 bits per heavy atom. The van der Waals surface area contributed by atoms with Crippen LogP contribution in [0, 0.1) is 11.3 Å². The fourth-order valence-electron chi connectivity index (χ4n) is 3.69. The van der Waals surface area contributed by atoms with Gasteiger partial charge in [-0.25, -0.2) is 0 Å². The van der Waals surface area contributed by atoms with Crippen LogP contribution in [0.3, 0.4) is 0 Å². The number of nitrogens with zero attached hydrogens (tertiary/aromatic N) is 1. The monoisotopic (exact) mass is 338 g/mol. The number of Topliss-reactive ketones (excluding diaryl/α,β-unsaturated/α-hetero) is 1. The van der Waals surface area contributed by atoms with E-state index in [1.807, 2.05) is 30.3 Å². The molecule has 0 bridgehead atoms. The molecule has 0 aliphatic heterocycles. The third-order valence-electron chi connectivity index (χ3n) is 5.25. The largest absolute Gasteiger partial charge is 0.470 e. The van der Waals surface area contributed by atoms with Gasteiger partial charge in [-0.2, -0.15) is 0 Å². The Balaban J connectivity index is 1.70. The predicted octanol–water partition coefficient (Wildman–Crippen LogP) is 2.60. The van der Waals surface area contributed by atoms with E-state index in [0.717, 1.165) is 5.56 Å². The average Bonchev–Trinajstić information content (AvgIpc) is 3.05. The van der Waals surface area contributed by atoms with Crippen molar-refractivity contribution >= 4 is 11.6 Å². The summed E-state index contributed by atoms with van der Waals surface area (Å²) in [5, 5.41) is 3.90. The highest BCUT2D eigenvalue weighted by atomic mass is 16.5. The van der Waals surface area contributed by atoms with E-state index >= 15 is 0 Å². The fraction of sp³-hybridized carbons (Fsp3) is 0.316. The van der Waals surface area contributed by atoms with Crippen molar-refractivity contribution in [1.82, 2.24) is 5.16 Å². The SMILES string of the molecule is CC12C(=O)C=CCC1C(N)c1onc(OCc3ccccc3)c1C2=O. The van der Waals surface area contributed by atoms with Crippen molar-refractivity contribution < 1.29 is 18.8 Å². The number of allylic oxidation sites excluding steroid dienone is 2. The van der Waals surface area contributed by atoms with Gasteiger partial charge in [-0.1, -0.05) is 36.4 Å². The topological polar surface area (TPSA) is 95.4 Å². The molecule has 0 saturated carbocycles. The first-order valence-corrected chi connectivity index (χ1v) is 8.21. The number of hydrogen-bond acceptors (Lipinski definition) is 6. The Morgan fingerprint density at radius 1 is 1.32 bits per heavy atom. The molecule has 0 radical (unpaired) electrons. The summed E-state index contributed by atoms with van der Waals surface area (Å²) in [7, 11) is 0. The van der Waals surface area contributed by atoms with Gasteiger partial charge in [0.2, 0.25) is 0 Å². The number of nitrogens with two attached hydrogens (primary N) is 1. The van der Waals surface area contributed by atoms with Crippen molar-refractivity contribution in [2.75, 3.05) is 0 Å². The molecule has 0 saturated heterocycles. The minimum atomic E-state index is -1.20. The van der Waals surface area contributed by atoms with E-state index < -0.39 is 11.5 Å². The molecule has 1 aromatic heterocycles. The molecule has 128 valence electrons. The molecule has 25 heavy (non-hydrogen) atoms. The number of carbonyl (C=O) groups is 2. The van der Waals surface area contributed by atoms with Gasteiger partial charge in [-0.05, 0) is 30.1 Å². The quantitative estimate of drug-likeness (QED) is 0.864. The van der Waals surface area contributed by atoms with E-state index in [2.05, 4.69) is 5.16 Å². The summed E-state index contributed by atoms with van der Waals surface area (Å²) in [6.07, 6.45) is 3.77. The van der Waals surface area contributed by atoms with Crippen LogP contribution in [0.1, 0.15) is 41.1 Å². The standard InChI is InChI=1S/C19H18N2O4/c1-19-12(8-5-9-13(19)22)15(20)16-14(17(19)23)18(21-25-16)24-10-11-6-3-2-4-7-11/h2-7,9,12,15H,8,10,20H2,1H3. The molecule has 0 spiro atoms. The zero-order chi connectivity index (χ0) is 17.6. The highest BCUT2D eigenvalue weighted by Crippen LogP contribution is 2.51. The van der Waals surface area contributed by atoms with Gasteiger partial charge in [-0.15, -0.1) is 0 Å². The summed E-state index contributed by atoms with van der Waals surface area (Å²) in [5.74, 6) is -0.488. The van der Waals surface area contributed by atoms with Gasteiger partial charge in [0.1, 0.15) is 12.2 Å². The number of rotatable bonds is 3. The molecule has 2 aromatic rings. The fourth-order valence-corrected chi connectivity index (χ4v) is 3.69. The summed E-state index contributed by atoms with van der Waals surface area (Å²) in [6, 6.07) is 8.95. The molecule has 2 aliphatic carbocycles. The molecule has 2 aliphatic rings. The second-order valence-corrected chi connectivity index (χ2v) is 6.67. The van der Waals surface area contributed by atoms with Crippen LogP contribution < -0.4 is 10.5 Å². The Hall–Kier alpha value is -2.73. The third kappa shape index (κ3) is 2.25. The lowest BCUT2D eigenvalue weighted by atomic mass is 9.59. The maximum atomic E-state index is 13.1. The molecule has 1 aromatic carbocycles. The van der Waals surface area contributed by atoms with Gasteiger partial charge in [0.25, 0.3) is 5.88 Å². The van der Waals surface area contributed by atoms with Crippen LogP contribution in [0.2, 0.25) is 0 Å². The maximum absolute atomic E-state index is 13.1. The van der Waals surface area contributed by atoms with Gasteiger partial charge < -0.3 is 15.0 Å². The molecule has 6 nitrogen and oxygen atoms in total. The van der Waals surface area contributed by atoms with Crippen LogP contribution in [-0.2, 0) is 11.4 Å². The minimum Gasteiger partial charge on any atom is -0.470 e. The van der Waals surface area contributed by atoms with Crippen LogP contribution in [0.4, 0.5) is 0 Å². The molecule has 3 unspecified atom stereocenters. The first kappa shape index (κ1) is 15.8. The number of carbonyl (C=O) groups excluding carboxylic acids is 2. The Labute approximate surface area is 144 Å². The minimum absolute atomic E-state index is 0.0985. The van der Waals surface area contributed by atoms with Gasteiger partial charge in [-0.3, -0.25) is 9.59 Å². The zero-order valence-electron chi connectivity index (χ0n) is 13.8. The normalized spacial score (nSPS) is 27.8.